The number of benzene rings is 1. The Labute approximate surface area is 153 Å². The van der Waals surface area contributed by atoms with Gasteiger partial charge >= 0.3 is 0 Å². The highest BCUT2D eigenvalue weighted by Crippen LogP contribution is 2.31. The Morgan fingerprint density at radius 3 is 2.88 bits per heavy atom. The van der Waals surface area contributed by atoms with Crippen molar-refractivity contribution in [2.75, 3.05) is 13.7 Å². The van der Waals surface area contributed by atoms with Crippen LogP contribution in [0.2, 0.25) is 0 Å². The highest BCUT2D eigenvalue weighted by Gasteiger charge is 2.32. The standard InChI is InChI=1S/C19H27N3O2S/c1-12(2)17(18(23)22-10-6-5-7-13(22)3)25-19-20-15-9-8-14(24-4)11-16(15)21-19/h8-9,11-13,17H,5-7,10H2,1-4H3,(H,20,21)/t13-,17+/m1/s1. The van der Waals surface area contributed by atoms with Crippen LogP contribution in [-0.4, -0.2) is 45.7 Å². The maximum Gasteiger partial charge on any atom is 0.236 e. The Balaban J connectivity index is 1.80. The van der Waals surface area contributed by atoms with Crippen molar-refractivity contribution in [1.29, 1.82) is 0 Å². The number of amides is 1. The lowest BCUT2D eigenvalue weighted by Crippen LogP contribution is -2.47. The quantitative estimate of drug-likeness (QED) is 0.815. The number of hydrogen-bond donors (Lipinski definition) is 1. The second kappa shape index (κ2) is 7.68. The fourth-order valence-electron chi connectivity index (χ4n) is 3.33. The summed E-state index contributed by atoms with van der Waals surface area (Å²) in [4.78, 5) is 23.1. The molecule has 1 saturated heterocycles. The number of likely N-dealkylation sites (tertiary alicyclic amines) is 1. The number of fused-ring (bicyclic) bond motifs is 1. The van der Waals surface area contributed by atoms with Gasteiger partial charge < -0.3 is 14.6 Å². The van der Waals surface area contributed by atoms with Crippen molar-refractivity contribution in [2.24, 2.45) is 5.92 Å². The van der Waals surface area contributed by atoms with Crippen LogP contribution in [0.25, 0.3) is 11.0 Å². The maximum atomic E-state index is 13.1. The normalized spacial score (nSPS) is 19.4. The Bertz CT molecular complexity index is 743. The van der Waals surface area contributed by atoms with Crippen LogP contribution in [-0.2, 0) is 4.79 Å². The van der Waals surface area contributed by atoms with Crippen molar-refractivity contribution >= 4 is 28.7 Å². The van der Waals surface area contributed by atoms with Crippen molar-refractivity contribution in [3.05, 3.63) is 18.2 Å². The zero-order chi connectivity index (χ0) is 18.0. The Hall–Kier alpha value is -1.69. The zero-order valence-electron chi connectivity index (χ0n) is 15.4. The van der Waals surface area contributed by atoms with Gasteiger partial charge in [-0.3, -0.25) is 4.79 Å². The molecule has 0 radical (unpaired) electrons. The van der Waals surface area contributed by atoms with E-state index in [1.165, 1.54) is 6.42 Å². The van der Waals surface area contributed by atoms with Crippen LogP contribution in [0.5, 0.6) is 5.75 Å². The van der Waals surface area contributed by atoms with Gasteiger partial charge in [0.2, 0.25) is 5.91 Å². The molecule has 0 unspecified atom stereocenters. The van der Waals surface area contributed by atoms with Gasteiger partial charge in [-0.2, -0.15) is 0 Å². The minimum Gasteiger partial charge on any atom is -0.497 e. The summed E-state index contributed by atoms with van der Waals surface area (Å²) in [5.41, 5.74) is 1.83. The zero-order valence-corrected chi connectivity index (χ0v) is 16.2. The van der Waals surface area contributed by atoms with E-state index in [2.05, 4.69) is 35.6 Å². The minimum atomic E-state index is -0.122. The first-order valence-corrected chi connectivity index (χ1v) is 9.88. The monoisotopic (exact) mass is 361 g/mol. The van der Waals surface area contributed by atoms with Crippen molar-refractivity contribution in [2.45, 2.75) is 56.5 Å². The van der Waals surface area contributed by atoms with Gasteiger partial charge in [0, 0.05) is 18.7 Å². The number of imidazole rings is 1. The molecule has 0 saturated carbocycles. The van der Waals surface area contributed by atoms with Crippen molar-refractivity contribution in [3.63, 3.8) is 0 Å². The van der Waals surface area contributed by atoms with E-state index in [-0.39, 0.29) is 17.1 Å². The number of aromatic amines is 1. The number of thioether (sulfide) groups is 1. The Morgan fingerprint density at radius 2 is 2.20 bits per heavy atom. The number of ether oxygens (including phenoxy) is 1. The minimum absolute atomic E-state index is 0.122. The summed E-state index contributed by atoms with van der Waals surface area (Å²) in [6, 6.07) is 6.11. The molecule has 2 heterocycles. The second-order valence-electron chi connectivity index (χ2n) is 7.08. The fraction of sp³-hybridized carbons (Fsp3) is 0.579. The molecule has 1 aromatic carbocycles. The van der Waals surface area contributed by atoms with Crippen LogP contribution in [0.3, 0.4) is 0 Å². The first-order chi connectivity index (χ1) is 12.0. The molecule has 1 fully saturated rings. The molecular weight excluding hydrogens is 334 g/mol. The van der Waals surface area contributed by atoms with Gasteiger partial charge in [-0.05, 0) is 44.2 Å². The van der Waals surface area contributed by atoms with Crippen LogP contribution in [0, 0.1) is 5.92 Å². The molecule has 1 aromatic heterocycles. The predicted octanol–water partition coefficient (Wildman–Crippen LogP) is 4.09. The Morgan fingerprint density at radius 1 is 1.40 bits per heavy atom. The number of nitrogens with one attached hydrogen (secondary N) is 1. The van der Waals surface area contributed by atoms with Crippen molar-refractivity contribution in [1.82, 2.24) is 14.9 Å². The summed E-state index contributed by atoms with van der Waals surface area (Å²) in [5, 5.41) is 0.669. The average Bonchev–Trinajstić information content (AvgIpc) is 3.00. The van der Waals surface area contributed by atoms with E-state index in [4.69, 9.17) is 4.74 Å². The second-order valence-corrected chi connectivity index (χ2v) is 8.21. The molecule has 2 aromatic rings. The van der Waals surface area contributed by atoms with E-state index in [1.54, 1.807) is 18.9 Å². The molecule has 25 heavy (non-hydrogen) atoms. The molecular formula is C19H27N3O2S. The topological polar surface area (TPSA) is 58.2 Å². The van der Waals surface area contributed by atoms with Crippen LogP contribution < -0.4 is 4.74 Å². The summed E-state index contributed by atoms with van der Waals surface area (Å²) >= 11 is 1.54. The first kappa shape index (κ1) is 18.1. The molecule has 1 aliphatic rings. The molecule has 1 N–H and O–H groups in total. The number of carbonyl (C=O) groups excluding carboxylic acids is 1. The Kier molecular flexibility index (Phi) is 5.57. The summed E-state index contributed by atoms with van der Waals surface area (Å²) in [6.45, 7) is 7.25. The molecule has 136 valence electrons. The van der Waals surface area contributed by atoms with Gasteiger partial charge in [0.25, 0.3) is 0 Å². The number of H-pyrrole nitrogens is 1. The largest absolute Gasteiger partial charge is 0.497 e. The third kappa shape index (κ3) is 3.94. The number of methoxy groups -OCH3 is 1. The highest BCUT2D eigenvalue weighted by molar-refractivity contribution is 8.00. The average molecular weight is 362 g/mol. The van der Waals surface area contributed by atoms with Crippen LogP contribution in [0.4, 0.5) is 0 Å². The van der Waals surface area contributed by atoms with Crippen LogP contribution >= 0.6 is 11.8 Å². The third-order valence-electron chi connectivity index (χ3n) is 4.84. The van der Waals surface area contributed by atoms with Crippen LogP contribution in [0.1, 0.15) is 40.0 Å². The molecule has 6 heteroatoms. The summed E-state index contributed by atoms with van der Waals surface area (Å²) in [7, 11) is 1.65. The number of hydrogen-bond acceptors (Lipinski definition) is 4. The van der Waals surface area contributed by atoms with E-state index in [0.29, 0.717) is 6.04 Å². The number of carbonyl (C=O) groups is 1. The highest BCUT2D eigenvalue weighted by atomic mass is 32.2. The van der Waals surface area contributed by atoms with Crippen molar-refractivity contribution in [3.8, 4) is 5.75 Å². The van der Waals surface area contributed by atoms with Gasteiger partial charge in [-0.25, -0.2) is 4.98 Å². The number of aromatic nitrogens is 2. The lowest BCUT2D eigenvalue weighted by molar-refractivity contribution is -0.134. The summed E-state index contributed by atoms with van der Waals surface area (Å²) < 4.78 is 5.26. The van der Waals surface area contributed by atoms with E-state index in [1.807, 2.05) is 18.2 Å². The molecule has 0 aliphatic carbocycles. The summed E-state index contributed by atoms with van der Waals surface area (Å²) in [5.74, 6) is 1.28. The van der Waals surface area contributed by atoms with E-state index < -0.39 is 0 Å². The van der Waals surface area contributed by atoms with Gasteiger partial charge in [-0.1, -0.05) is 25.6 Å². The third-order valence-corrected chi connectivity index (χ3v) is 6.26. The molecule has 3 rings (SSSR count). The molecule has 0 spiro atoms. The number of rotatable bonds is 5. The van der Waals surface area contributed by atoms with Crippen LogP contribution in [0.15, 0.2) is 23.4 Å². The van der Waals surface area contributed by atoms with Gasteiger partial charge in [0.05, 0.1) is 23.4 Å². The predicted molar refractivity (Wildman–Crippen MR) is 102 cm³/mol. The van der Waals surface area contributed by atoms with E-state index in [9.17, 15) is 4.79 Å². The SMILES string of the molecule is COc1ccc2nc(S[C@H](C(=O)N3CCCC[C@H]3C)C(C)C)[nH]c2c1. The lowest BCUT2D eigenvalue weighted by atomic mass is 10.0. The fourth-order valence-corrected chi connectivity index (χ4v) is 4.40. The maximum absolute atomic E-state index is 13.1. The van der Waals surface area contributed by atoms with E-state index >= 15 is 0 Å². The van der Waals surface area contributed by atoms with Crippen molar-refractivity contribution < 1.29 is 9.53 Å². The molecule has 2 atom stereocenters. The first-order valence-electron chi connectivity index (χ1n) is 9.00. The smallest absolute Gasteiger partial charge is 0.236 e. The van der Waals surface area contributed by atoms with E-state index in [0.717, 1.165) is 41.3 Å². The molecule has 1 aliphatic heterocycles. The van der Waals surface area contributed by atoms with Gasteiger partial charge in [0.1, 0.15) is 5.75 Å². The van der Waals surface area contributed by atoms with Gasteiger partial charge in [-0.15, -0.1) is 0 Å². The number of nitrogens with zero attached hydrogens (tertiary/aromatic N) is 2. The number of piperidine rings is 1. The molecule has 5 nitrogen and oxygen atoms in total. The van der Waals surface area contributed by atoms with Gasteiger partial charge in [0.15, 0.2) is 5.16 Å². The molecule has 1 amide bonds. The molecule has 0 bridgehead atoms. The lowest BCUT2D eigenvalue weighted by Gasteiger charge is -2.36. The summed E-state index contributed by atoms with van der Waals surface area (Å²) in [6.07, 6.45) is 3.43.